The molecule has 1 aliphatic rings. The lowest BCUT2D eigenvalue weighted by atomic mass is 9.95. The molecule has 19 nitrogen and oxygen atoms in total. The number of hydrogen-bond acceptors (Lipinski definition) is 17. The lowest BCUT2D eigenvalue weighted by molar-refractivity contribution is 0.121. The molecule has 0 spiro atoms. The molecule has 58 heavy (non-hydrogen) atoms. The first-order valence-corrected chi connectivity index (χ1v) is 26.5. The molecule has 0 aliphatic carbocycles. The molecular formula is C35H71N3O16SSi3. The molecule has 3 atom stereocenters. The number of carbonyl (C=O) groups excluding carboxylic acids is 3. The first-order chi connectivity index (χ1) is 28.0. The van der Waals surface area contributed by atoms with Gasteiger partial charge in [-0.2, -0.15) is 11.8 Å². The van der Waals surface area contributed by atoms with Crippen molar-refractivity contribution in [3.63, 3.8) is 0 Å². The third kappa shape index (κ3) is 22.7. The molecular weight excluding hydrogens is 835 g/mol. The van der Waals surface area contributed by atoms with Gasteiger partial charge in [-0.15, -0.1) is 0 Å². The maximum atomic E-state index is 12.2. The standard InChI is InChI=1S/C35H71N3O16SSi3/c1-42-56(43-2,44-3)26-12-19-36-33(39)51-22-11-10-15-30(18-24-55-25-23-52-34(40)37-20-13-27-57(45-4,46-5)47-6)16-17-31-32(54-31)29-53-35(41)38-21-14-28-58(48-7,49-8)50-9/h10-11,30-32H,12-29H2,1-9H3,(H,36,39)(H,37,40)(H,38,41)/b11-10+. The Kier molecular flexibility index (Phi) is 29.8. The second kappa shape index (κ2) is 31.9. The topological polar surface area (TPSA) is 211 Å². The Labute approximate surface area is 352 Å². The number of carbonyl (C=O) groups is 3. The summed E-state index contributed by atoms with van der Waals surface area (Å²) < 4.78 is 70.4. The van der Waals surface area contributed by atoms with E-state index in [4.69, 9.17) is 58.8 Å². The summed E-state index contributed by atoms with van der Waals surface area (Å²) >= 11 is 1.72. The molecule has 3 N–H and O–H groups in total. The van der Waals surface area contributed by atoms with E-state index in [1.807, 2.05) is 12.2 Å². The molecule has 340 valence electrons. The normalized spacial score (nSPS) is 16.2. The fourth-order valence-corrected chi connectivity index (χ4v) is 11.9. The van der Waals surface area contributed by atoms with Crippen LogP contribution in [0, 0.1) is 5.92 Å². The molecule has 0 bridgehead atoms. The summed E-state index contributed by atoms with van der Waals surface area (Å²) in [6.07, 6.45) is 7.62. The van der Waals surface area contributed by atoms with E-state index in [1.54, 1.807) is 75.8 Å². The molecule has 0 saturated carbocycles. The molecule has 1 fully saturated rings. The lowest BCUT2D eigenvalue weighted by Crippen LogP contribution is -2.43. The van der Waals surface area contributed by atoms with Gasteiger partial charge in [-0.25, -0.2) is 14.4 Å². The van der Waals surface area contributed by atoms with Crippen molar-refractivity contribution in [2.24, 2.45) is 5.92 Å². The van der Waals surface area contributed by atoms with Crippen molar-refractivity contribution in [1.29, 1.82) is 0 Å². The maximum Gasteiger partial charge on any atom is 0.500 e. The third-order valence-corrected chi connectivity index (χ3v) is 19.1. The van der Waals surface area contributed by atoms with Crippen LogP contribution in [0.15, 0.2) is 12.2 Å². The smallest absolute Gasteiger partial charge is 0.449 e. The van der Waals surface area contributed by atoms with Gasteiger partial charge in [-0.3, -0.25) is 0 Å². The summed E-state index contributed by atoms with van der Waals surface area (Å²) in [5.41, 5.74) is 0. The van der Waals surface area contributed by atoms with E-state index in [0.717, 1.165) is 31.4 Å². The van der Waals surface area contributed by atoms with Crippen molar-refractivity contribution in [2.45, 2.75) is 75.3 Å². The van der Waals surface area contributed by atoms with Gasteiger partial charge in [0, 0.05) is 108 Å². The average molecular weight is 906 g/mol. The van der Waals surface area contributed by atoms with Gasteiger partial charge in [0.05, 0.1) is 6.10 Å². The number of hydrogen-bond donors (Lipinski definition) is 3. The van der Waals surface area contributed by atoms with Crippen molar-refractivity contribution in [3.05, 3.63) is 12.2 Å². The summed E-state index contributed by atoms with van der Waals surface area (Å²) in [5.74, 6) is 1.88. The highest BCUT2D eigenvalue weighted by Gasteiger charge is 2.40. The van der Waals surface area contributed by atoms with Gasteiger partial charge in [0.25, 0.3) is 0 Å². The number of allylic oxidation sites excluding steroid dienone is 1. The zero-order chi connectivity index (χ0) is 43.1. The SMILES string of the molecule is CO[Si](CCCNC(=O)OC/C=C/CC(CCSCCOC(=O)NCCC[Si](OC)(OC)OC)CCC1OC1COC(=O)NCCC[Si](OC)(OC)OC)(OC)OC. The molecule has 1 aliphatic heterocycles. The van der Waals surface area contributed by atoms with Crippen LogP contribution in [0.1, 0.15) is 44.9 Å². The Morgan fingerprint density at radius 2 is 1.03 bits per heavy atom. The number of alkyl carbamates (subject to hydrolysis) is 3. The highest BCUT2D eigenvalue weighted by molar-refractivity contribution is 7.99. The molecule has 1 saturated heterocycles. The van der Waals surface area contributed by atoms with Crippen molar-refractivity contribution in [3.8, 4) is 0 Å². The van der Waals surface area contributed by atoms with Gasteiger partial charge in [-0.05, 0) is 56.6 Å². The van der Waals surface area contributed by atoms with Crippen LogP contribution in [0.5, 0.6) is 0 Å². The summed E-state index contributed by atoms with van der Waals surface area (Å²) in [6.45, 7) is 1.86. The highest BCUT2D eigenvalue weighted by Crippen LogP contribution is 2.31. The predicted octanol–water partition coefficient (Wildman–Crippen LogP) is 4.20. The van der Waals surface area contributed by atoms with E-state index >= 15 is 0 Å². The number of nitrogens with one attached hydrogen (secondary N) is 3. The number of ether oxygens (including phenoxy) is 4. The second-order valence-corrected chi connectivity index (χ2v) is 23.6. The van der Waals surface area contributed by atoms with Gasteiger partial charge in [0.15, 0.2) is 0 Å². The molecule has 0 aromatic carbocycles. The summed E-state index contributed by atoms with van der Waals surface area (Å²) in [6, 6.07) is 1.72. The van der Waals surface area contributed by atoms with Gasteiger partial charge in [0.2, 0.25) is 0 Å². The van der Waals surface area contributed by atoms with Crippen molar-refractivity contribution in [2.75, 3.05) is 115 Å². The quantitative estimate of drug-likeness (QED) is 0.0264. The van der Waals surface area contributed by atoms with Crippen molar-refractivity contribution in [1.82, 2.24) is 16.0 Å². The van der Waals surface area contributed by atoms with Crippen LogP contribution in [0.4, 0.5) is 14.4 Å². The maximum absolute atomic E-state index is 12.2. The molecule has 0 radical (unpaired) electrons. The van der Waals surface area contributed by atoms with Gasteiger partial charge in [0.1, 0.15) is 25.9 Å². The fraction of sp³-hybridized carbons (Fsp3) is 0.857. The number of amides is 3. The molecule has 1 rings (SSSR count). The van der Waals surface area contributed by atoms with E-state index in [0.29, 0.717) is 75.3 Å². The van der Waals surface area contributed by atoms with Gasteiger partial charge >= 0.3 is 44.7 Å². The Hall–Kier alpha value is -1.85. The van der Waals surface area contributed by atoms with Crippen LogP contribution in [-0.2, 0) is 58.8 Å². The van der Waals surface area contributed by atoms with Crippen molar-refractivity contribution < 1.29 is 73.2 Å². The predicted molar refractivity (Wildman–Crippen MR) is 224 cm³/mol. The monoisotopic (exact) mass is 905 g/mol. The largest absolute Gasteiger partial charge is 0.500 e. The average Bonchev–Trinajstić information content (AvgIpc) is 4.02. The molecule has 1 heterocycles. The Bertz CT molecular complexity index is 1120. The Morgan fingerprint density at radius 3 is 1.50 bits per heavy atom. The molecule has 0 aromatic heterocycles. The fourth-order valence-electron chi connectivity index (χ4n) is 5.85. The number of epoxide rings is 1. The van der Waals surface area contributed by atoms with Crippen LogP contribution in [0.2, 0.25) is 18.1 Å². The van der Waals surface area contributed by atoms with E-state index in [-0.39, 0.29) is 25.4 Å². The second-order valence-electron chi connectivity index (χ2n) is 13.1. The highest BCUT2D eigenvalue weighted by atomic mass is 32.2. The van der Waals surface area contributed by atoms with E-state index in [9.17, 15) is 14.4 Å². The van der Waals surface area contributed by atoms with E-state index < -0.39 is 44.7 Å². The molecule has 3 amide bonds. The van der Waals surface area contributed by atoms with Crippen LogP contribution in [0.3, 0.4) is 0 Å². The Morgan fingerprint density at radius 1 is 0.586 bits per heavy atom. The molecule has 23 heteroatoms. The van der Waals surface area contributed by atoms with Crippen molar-refractivity contribution >= 4 is 56.5 Å². The van der Waals surface area contributed by atoms with Crippen LogP contribution in [-0.4, -0.2) is 172 Å². The van der Waals surface area contributed by atoms with Crippen LogP contribution < -0.4 is 16.0 Å². The summed E-state index contributed by atoms with van der Waals surface area (Å²) in [7, 11) is 5.97. The zero-order valence-electron chi connectivity index (χ0n) is 36.1. The van der Waals surface area contributed by atoms with E-state index in [2.05, 4.69) is 16.0 Å². The number of rotatable bonds is 36. The summed E-state index contributed by atoms with van der Waals surface area (Å²) in [5, 5.41) is 8.23. The minimum absolute atomic E-state index is 0.0179. The summed E-state index contributed by atoms with van der Waals surface area (Å²) in [4.78, 5) is 36.5. The van der Waals surface area contributed by atoms with E-state index in [1.165, 1.54) is 0 Å². The minimum atomic E-state index is -2.68. The molecule has 0 aromatic rings. The number of thioether (sulfide) groups is 1. The first kappa shape index (κ1) is 54.2. The third-order valence-electron chi connectivity index (χ3n) is 9.59. The lowest BCUT2D eigenvalue weighted by Gasteiger charge is -2.24. The Balaban J connectivity index is 2.46. The van der Waals surface area contributed by atoms with Gasteiger partial charge in [-0.1, -0.05) is 12.2 Å². The molecule has 3 unspecified atom stereocenters. The van der Waals surface area contributed by atoms with Crippen LogP contribution >= 0.6 is 11.8 Å². The first-order valence-electron chi connectivity index (χ1n) is 19.5. The zero-order valence-corrected chi connectivity index (χ0v) is 39.9. The van der Waals surface area contributed by atoms with Crippen LogP contribution in [0.25, 0.3) is 0 Å². The minimum Gasteiger partial charge on any atom is -0.449 e. The van der Waals surface area contributed by atoms with Gasteiger partial charge < -0.3 is 74.7 Å².